The number of alkyl halides is 5. The van der Waals surface area contributed by atoms with Gasteiger partial charge < -0.3 is 20.9 Å². The number of hydrogen-bond acceptors (Lipinski definition) is 6. The largest absolute Gasteiger partial charge is 0.459 e. The molecule has 2 aliphatic heterocycles. The van der Waals surface area contributed by atoms with Crippen molar-refractivity contribution in [2.45, 2.75) is 62.3 Å². The van der Waals surface area contributed by atoms with Crippen molar-refractivity contribution in [2.24, 2.45) is 0 Å². The molecule has 42 heavy (non-hydrogen) atoms. The van der Waals surface area contributed by atoms with Crippen LogP contribution < -0.4 is 20.9 Å². The van der Waals surface area contributed by atoms with Gasteiger partial charge in [0.2, 0.25) is 0 Å². The number of rotatable bonds is 8. The highest BCUT2D eigenvalue weighted by molar-refractivity contribution is 7.21. The predicted octanol–water partition coefficient (Wildman–Crippen LogP) is 5.86. The average molecular weight is 620 g/mol. The van der Waals surface area contributed by atoms with E-state index in [-0.39, 0.29) is 63.1 Å². The first kappa shape index (κ1) is 28.9. The second-order valence-corrected chi connectivity index (χ2v) is 11.9. The van der Waals surface area contributed by atoms with Crippen molar-refractivity contribution in [3.05, 3.63) is 51.8 Å². The number of benzene rings is 1. The summed E-state index contributed by atoms with van der Waals surface area (Å²) in [7, 11) is 0. The maximum atomic E-state index is 15.0. The summed E-state index contributed by atoms with van der Waals surface area (Å²) in [4.78, 5) is 17.7. The minimum atomic E-state index is -6.07. The van der Waals surface area contributed by atoms with Gasteiger partial charge in [0, 0.05) is 49.2 Å². The van der Waals surface area contributed by atoms with Gasteiger partial charge >= 0.3 is 12.1 Å². The third-order valence-corrected chi connectivity index (χ3v) is 8.87. The van der Waals surface area contributed by atoms with Crippen LogP contribution in [0, 0.1) is 17.5 Å². The topological polar surface area (TPSA) is 69.3 Å². The van der Waals surface area contributed by atoms with Crippen molar-refractivity contribution in [3.8, 4) is 0 Å². The molecule has 3 aliphatic rings. The number of fused-ring (bicyclic) bond motifs is 3. The van der Waals surface area contributed by atoms with Gasteiger partial charge in [0.05, 0.1) is 11.4 Å². The minimum absolute atomic E-state index is 0.0325. The molecule has 1 amide bonds. The lowest BCUT2D eigenvalue weighted by Gasteiger charge is -2.34. The van der Waals surface area contributed by atoms with Crippen molar-refractivity contribution >= 4 is 38.8 Å². The molecule has 0 spiro atoms. The van der Waals surface area contributed by atoms with Gasteiger partial charge in [0.15, 0.2) is 11.5 Å². The second kappa shape index (κ2) is 10.5. The van der Waals surface area contributed by atoms with Crippen LogP contribution in [-0.4, -0.2) is 54.8 Å². The fourth-order valence-electron chi connectivity index (χ4n) is 5.48. The Labute approximate surface area is 238 Å². The minimum Gasteiger partial charge on any atom is -0.380 e. The molecule has 2 atom stereocenters. The van der Waals surface area contributed by atoms with E-state index in [9.17, 15) is 39.9 Å². The maximum absolute atomic E-state index is 15.0. The summed E-state index contributed by atoms with van der Waals surface area (Å²) >= 11 is 0.529. The Hall–Kier alpha value is -3.20. The standard InChI is InChI=1S/C27H25F8N5OS/c28-17-9-20(40-10-14-3-4-15(11-40)37-14)18(29)7-12(17)5-6-36-24(41)22-21(38-13-1-2-13)16-8-19(30)23(39-25(16)42-22)26(31,32)27(33,34)35/h7-9,13-15,37-38H,1-6,10-11H2,(H,36,41). The van der Waals surface area contributed by atoms with E-state index in [0.29, 0.717) is 43.3 Å². The molecule has 1 saturated carbocycles. The number of nitrogens with one attached hydrogen (secondary N) is 3. The van der Waals surface area contributed by atoms with Crippen LogP contribution in [0.3, 0.4) is 0 Å². The molecule has 6 nitrogen and oxygen atoms in total. The predicted molar refractivity (Wildman–Crippen MR) is 141 cm³/mol. The molecule has 1 aliphatic carbocycles. The van der Waals surface area contributed by atoms with Crippen LogP contribution in [0.5, 0.6) is 0 Å². The average Bonchev–Trinajstić information content (AvgIpc) is 3.59. The van der Waals surface area contributed by atoms with Gasteiger partial charge in [0.25, 0.3) is 5.91 Å². The maximum Gasteiger partial charge on any atom is 0.459 e. The number of anilines is 2. The highest BCUT2D eigenvalue weighted by atomic mass is 32.1. The van der Waals surface area contributed by atoms with E-state index < -0.39 is 41.2 Å². The Balaban J connectivity index is 1.19. The lowest BCUT2D eigenvalue weighted by Crippen LogP contribution is -2.51. The number of piperazine rings is 1. The fraction of sp³-hybridized carbons (Fsp3) is 0.481. The third-order valence-electron chi connectivity index (χ3n) is 7.77. The molecule has 2 saturated heterocycles. The smallest absolute Gasteiger partial charge is 0.380 e. The summed E-state index contributed by atoms with van der Waals surface area (Å²) < 4.78 is 111. The quantitative estimate of drug-likeness (QED) is 0.276. The van der Waals surface area contributed by atoms with E-state index in [4.69, 9.17) is 0 Å². The van der Waals surface area contributed by atoms with Crippen LogP contribution >= 0.6 is 11.3 Å². The molecule has 2 aromatic heterocycles. The molecular weight excluding hydrogens is 594 g/mol. The first-order valence-electron chi connectivity index (χ1n) is 13.4. The van der Waals surface area contributed by atoms with Crippen LogP contribution in [0.4, 0.5) is 46.5 Å². The van der Waals surface area contributed by atoms with Gasteiger partial charge in [0.1, 0.15) is 21.3 Å². The highest BCUT2D eigenvalue weighted by Gasteiger charge is 2.61. The Bertz CT molecular complexity index is 1530. The molecule has 2 bridgehead atoms. The molecule has 15 heteroatoms. The first-order chi connectivity index (χ1) is 19.8. The first-order valence-corrected chi connectivity index (χ1v) is 14.2. The number of carbonyl (C=O) groups excluding carboxylic acids is 1. The Morgan fingerprint density at radius 1 is 0.976 bits per heavy atom. The molecule has 1 aromatic carbocycles. The van der Waals surface area contributed by atoms with Gasteiger partial charge in [-0.25, -0.2) is 18.2 Å². The number of amides is 1. The van der Waals surface area contributed by atoms with Crippen LogP contribution in [0.1, 0.15) is 46.6 Å². The van der Waals surface area contributed by atoms with Crippen molar-refractivity contribution in [1.82, 2.24) is 15.6 Å². The van der Waals surface area contributed by atoms with E-state index in [0.717, 1.165) is 25.0 Å². The number of pyridine rings is 1. The van der Waals surface area contributed by atoms with Gasteiger partial charge in [-0.05, 0) is 49.8 Å². The van der Waals surface area contributed by atoms with Crippen LogP contribution in [0.15, 0.2) is 18.2 Å². The summed E-state index contributed by atoms with van der Waals surface area (Å²) in [6, 6.07) is 3.13. The zero-order valence-electron chi connectivity index (χ0n) is 21.9. The molecule has 3 fully saturated rings. The van der Waals surface area contributed by atoms with Crippen molar-refractivity contribution < 1.29 is 39.9 Å². The molecule has 0 radical (unpaired) electrons. The van der Waals surface area contributed by atoms with Crippen LogP contribution in [0.2, 0.25) is 0 Å². The molecule has 2 unspecified atom stereocenters. The van der Waals surface area contributed by atoms with Crippen molar-refractivity contribution in [1.29, 1.82) is 0 Å². The summed E-state index contributed by atoms with van der Waals surface area (Å²) in [5.74, 6) is -9.37. The zero-order valence-corrected chi connectivity index (χ0v) is 22.7. The van der Waals surface area contributed by atoms with Gasteiger partial charge in [-0.15, -0.1) is 11.3 Å². The van der Waals surface area contributed by atoms with E-state index >= 15 is 0 Å². The van der Waals surface area contributed by atoms with E-state index in [1.165, 1.54) is 0 Å². The van der Waals surface area contributed by atoms with Gasteiger partial charge in [-0.2, -0.15) is 22.0 Å². The summed E-state index contributed by atoms with van der Waals surface area (Å²) in [5.41, 5.74) is -1.81. The molecular formula is C27H25F8N5OS. The van der Waals surface area contributed by atoms with Crippen molar-refractivity contribution in [3.63, 3.8) is 0 Å². The third kappa shape index (κ3) is 5.36. The Morgan fingerprint density at radius 2 is 1.67 bits per heavy atom. The Morgan fingerprint density at radius 3 is 2.31 bits per heavy atom. The highest BCUT2D eigenvalue weighted by Crippen LogP contribution is 2.46. The lowest BCUT2D eigenvalue weighted by atomic mass is 10.1. The molecule has 4 heterocycles. The molecule has 6 rings (SSSR count). The summed E-state index contributed by atoms with van der Waals surface area (Å²) in [6.45, 7) is 1.01. The van der Waals surface area contributed by atoms with Gasteiger partial charge in [-0.3, -0.25) is 4.79 Å². The fourth-order valence-corrected chi connectivity index (χ4v) is 6.52. The van der Waals surface area contributed by atoms with Crippen LogP contribution in [-0.2, 0) is 12.3 Å². The monoisotopic (exact) mass is 619 g/mol. The number of hydrogen-bond donors (Lipinski definition) is 3. The normalized spacial score (nSPS) is 20.8. The number of nitrogens with zero attached hydrogens (tertiary/aromatic N) is 2. The lowest BCUT2D eigenvalue weighted by molar-refractivity contribution is -0.291. The number of thiophene rings is 1. The van der Waals surface area contributed by atoms with Crippen LogP contribution in [0.25, 0.3) is 10.2 Å². The molecule has 3 N–H and O–H groups in total. The van der Waals surface area contributed by atoms with E-state index in [1.54, 1.807) is 0 Å². The molecule has 226 valence electrons. The summed E-state index contributed by atoms with van der Waals surface area (Å²) in [6.07, 6.45) is -2.76. The Kier molecular flexibility index (Phi) is 7.23. The van der Waals surface area contributed by atoms with Gasteiger partial charge in [-0.1, -0.05) is 0 Å². The van der Waals surface area contributed by atoms with E-state index in [1.807, 2.05) is 4.90 Å². The second-order valence-electron chi connectivity index (χ2n) is 10.9. The number of aromatic nitrogens is 1. The van der Waals surface area contributed by atoms with E-state index in [2.05, 4.69) is 20.9 Å². The summed E-state index contributed by atoms with van der Waals surface area (Å²) in [5, 5.41) is 8.85. The SMILES string of the molecule is O=C(NCCc1cc(F)c(N2CC3CCC(C2)N3)cc1F)c1sc2nc(C(F)(F)C(F)(F)F)c(F)cc2c1NC1CC1. The molecule has 3 aromatic rings. The number of halogens is 8. The zero-order chi connectivity index (χ0) is 30.0. The number of carbonyl (C=O) groups is 1. The van der Waals surface area contributed by atoms with Crippen molar-refractivity contribution in [2.75, 3.05) is 29.9 Å².